The van der Waals surface area contributed by atoms with Gasteiger partial charge < -0.3 is 15.2 Å². The van der Waals surface area contributed by atoms with Crippen molar-refractivity contribution in [2.75, 3.05) is 10.6 Å². The largest absolute Gasteiger partial charge is 0.355 e. The number of carbonyl (C=O) groups is 2. The zero-order chi connectivity index (χ0) is 17.8. The first-order valence-corrected chi connectivity index (χ1v) is 8.64. The maximum atomic E-state index is 12.3. The fourth-order valence-electron chi connectivity index (χ4n) is 2.07. The van der Waals surface area contributed by atoms with E-state index >= 15 is 0 Å². The molecule has 0 aliphatic carbocycles. The zero-order valence-electron chi connectivity index (χ0n) is 13.8. The van der Waals surface area contributed by atoms with E-state index in [1.54, 1.807) is 30.3 Å². The van der Waals surface area contributed by atoms with E-state index in [4.69, 9.17) is 4.52 Å². The van der Waals surface area contributed by atoms with Gasteiger partial charge in [-0.3, -0.25) is 9.59 Å². The summed E-state index contributed by atoms with van der Waals surface area (Å²) in [4.78, 5) is 25.0. The van der Waals surface area contributed by atoms with E-state index in [-0.39, 0.29) is 23.4 Å². The van der Waals surface area contributed by atoms with E-state index in [1.165, 1.54) is 11.3 Å². The number of aromatic nitrogens is 1. The molecule has 6 nitrogen and oxygen atoms in total. The van der Waals surface area contributed by atoms with E-state index in [1.807, 2.05) is 31.4 Å². The van der Waals surface area contributed by atoms with Crippen LogP contribution in [0.1, 0.15) is 24.3 Å². The Morgan fingerprint density at radius 2 is 1.84 bits per heavy atom. The quantitative estimate of drug-likeness (QED) is 0.716. The first-order valence-electron chi connectivity index (χ1n) is 7.76. The molecule has 0 radical (unpaired) electrons. The Morgan fingerprint density at radius 3 is 2.52 bits per heavy atom. The molecule has 3 rings (SSSR count). The molecular formula is C18H17N3O3S. The van der Waals surface area contributed by atoms with Gasteiger partial charge in [0.05, 0.1) is 4.88 Å². The SMILES string of the molecule is CC(C)C(=O)Nc1cccc(NC(=O)c2cc(-c3cccs3)on2)c1. The molecule has 0 atom stereocenters. The molecule has 25 heavy (non-hydrogen) atoms. The van der Waals surface area contributed by atoms with Crippen LogP contribution in [0.5, 0.6) is 0 Å². The molecule has 2 N–H and O–H groups in total. The molecule has 0 saturated carbocycles. The topological polar surface area (TPSA) is 84.2 Å². The second kappa shape index (κ2) is 7.31. The molecular weight excluding hydrogens is 338 g/mol. The predicted molar refractivity (Wildman–Crippen MR) is 97.7 cm³/mol. The van der Waals surface area contributed by atoms with Crippen LogP contribution in [0.4, 0.5) is 11.4 Å². The predicted octanol–water partition coefficient (Wildman–Crippen LogP) is 4.25. The number of thiophene rings is 1. The molecule has 2 aromatic heterocycles. The number of nitrogens with zero attached hydrogens (tertiary/aromatic N) is 1. The number of hydrogen-bond acceptors (Lipinski definition) is 5. The molecule has 0 fully saturated rings. The summed E-state index contributed by atoms with van der Waals surface area (Å²) >= 11 is 1.51. The van der Waals surface area contributed by atoms with Crippen LogP contribution in [0, 0.1) is 5.92 Å². The summed E-state index contributed by atoms with van der Waals surface area (Å²) in [6, 6.07) is 12.4. The summed E-state index contributed by atoms with van der Waals surface area (Å²) < 4.78 is 5.21. The number of anilines is 2. The van der Waals surface area contributed by atoms with Crippen LogP contribution in [0.25, 0.3) is 10.6 Å². The van der Waals surface area contributed by atoms with E-state index < -0.39 is 0 Å². The van der Waals surface area contributed by atoms with Gasteiger partial charge in [0, 0.05) is 23.4 Å². The summed E-state index contributed by atoms with van der Waals surface area (Å²) in [5.74, 6) is -0.0263. The Hall–Kier alpha value is -2.93. The highest BCUT2D eigenvalue weighted by Gasteiger charge is 2.15. The molecule has 0 aliphatic heterocycles. The van der Waals surface area contributed by atoms with Crippen LogP contribution >= 0.6 is 11.3 Å². The average Bonchev–Trinajstić information content (AvgIpc) is 3.26. The summed E-state index contributed by atoms with van der Waals surface area (Å²) in [5, 5.41) is 11.3. The van der Waals surface area contributed by atoms with Gasteiger partial charge in [-0.2, -0.15) is 0 Å². The summed E-state index contributed by atoms with van der Waals surface area (Å²) in [6.07, 6.45) is 0. The van der Waals surface area contributed by atoms with Crippen molar-refractivity contribution in [3.63, 3.8) is 0 Å². The lowest BCUT2D eigenvalue weighted by atomic mass is 10.2. The van der Waals surface area contributed by atoms with Gasteiger partial charge in [-0.1, -0.05) is 31.1 Å². The Balaban J connectivity index is 1.70. The van der Waals surface area contributed by atoms with E-state index in [9.17, 15) is 9.59 Å². The van der Waals surface area contributed by atoms with Gasteiger partial charge in [0.25, 0.3) is 5.91 Å². The minimum Gasteiger partial charge on any atom is -0.355 e. The van der Waals surface area contributed by atoms with Crippen LogP contribution < -0.4 is 10.6 Å². The highest BCUT2D eigenvalue weighted by molar-refractivity contribution is 7.13. The normalized spacial score (nSPS) is 10.7. The van der Waals surface area contributed by atoms with E-state index in [2.05, 4.69) is 15.8 Å². The highest BCUT2D eigenvalue weighted by atomic mass is 32.1. The monoisotopic (exact) mass is 355 g/mol. The van der Waals surface area contributed by atoms with Gasteiger partial charge >= 0.3 is 0 Å². The number of amides is 2. The Labute approximate surface area is 148 Å². The number of carbonyl (C=O) groups excluding carboxylic acids is 2. The number of nitrogens with one attached hydrogen (secondary N) is 2. The number of hydrogen-bond donors (Lipinski definition) is 2. The van der Waals surface area contributed by atoms with E-state index in [0.717, 1.165) is 4.88 Å². The summed E-state index contributed by atoms with van der Waals surface area (Å²) in [5.41, 5.74) is 1.38. The molecule has 2 heterocycles. The van der Waals surface area contributed by atoms with Crippen molar-refractivity contribution in [1.29, 1.82) is 0 Å². The molecule has 0 bridgehead atoms. The van der Waals surface area contributed by atoms with Crippen LogP contribution in [0.2, 0.25) is 0 Å². The van der Waals surface area contributed by atoms with Crippen molar-refractivity contribution < 1.29 is 14.1 Å². The molecule has 2 amide bonds. The lowest BCUT2D eigenvalue weighted by Crippen LogP contribution is -2.18. The standard InChI is InChI=1S/C18H17N3O3S/c1-11(2)17(22)19-12-5-3-6-13(9-12)20-18(23)14-10-15(24-21-14)16-7-4-8-25-16/h3-11H,1-2H3,(H,19,22)(H,20,23). The van der Waals surface area contributed by atoms with Gasteiger partial charge in [-0.05, 0) is 29.6 Å². The molecule has 0 spiro atoms. The minimum absolute atomic E-state index is 0.0828. The Morgan fingerprint density at radius 1 is 1.08 bits per heavy atom. The molecule has 0 saturated heterocycles. The maximum Gasteiger partial charge on any atom is 0.277 e. The van der Waals surface area contributed by atoms with Crippen molar-refractivity contribution >= 4 is 34.5 Å². The molecule has 1 aromatic carbocycles. The number of benzene rings is 1. The lowest BCUT2D eigenvalue weighted by Gasteiger charge is -2.09. The van der Waals surface area contributed by atoms with Crippen molar-refractivity contribution in [3.8, 4) is 10.6 Å². The van der Waals surface area contributed by atoms with Gasteiger partial charge in [0.1, 0.15) is 0 Å². The van der Waals surface area contributed by atoms with Crippen LogP contribution in [-0.2, 0) is 4.79 Å². The van der Waals surface area contributed by atoms with Crippen molar-refractivity contribution in [2.24, 2.45) is 5.92 Å². The second-order valence-corrected chi connectivity index (χ2v) is 6.68. The van der Waals surface area contributed by atoms with Crippen LogP contribution in [-0.4, -0.2) is 17.0 Å². The van der Waals surface area contributed by atoms with Crippen LogP contribution in [0.3, 0.4) is 0 Å². The first-order chi connectivity index (χ1) is 12.0. The number of rotatable bonds is 5. The summed E-state index contributed by atoms with van der Waals surface area (Å²) in [7, 11) is 0. The molecule has 0 aliphatic rings. The van der Waals surface area contributed by atoms with Crippen molar-refractivity contribution in [3.05, 3.63) is 53.5 Å². The third-order valence-electron chi connectivity index (χ3n) is 3.42. The fraction of sp³-hybridized carbons (Fsp3) is 0.167. The lowest BCUT2D eigenvalue weighted by molar-refractivity contribution is -0.118. The molecule has 128 valence electrons. The van der Waals surface area contributed by atoms with Crippen molar-refractivity contribution in [1.82, 2.24) is 5.16 Å². The maximum absolute atomic E-state index is 12.3. The average molecular weight is 355 g/mol. The van der Waals surface area contributed by atoms with E-state index in [0.29, 0.717) is 17.1 Å². The molecule has 7 heteroatoms. The zero-order valence-corrected chi connectivity index (χ0v) is 14.6. The third-order valence-corrected chi connectivity index (χ3v) is 4.30. The second-order valence-electron chi connectivity index (χ2n) is 5.73. The Kier molecular flexibility index (Phi) is 4.95. The van der Waals surface area contributed by atoms with Gasteiger partial charge in [-0.25, -0.2) is 0 Å². The molecule has 0 unspecified atom stereocenters. The third kappa shape index (κ3) is 4.13. The smallest absolute Gasteiger partial charge is 0.277 e. The van der Waals surface area contributed by atoms with Crippen LogP contribution in [0.15, 0.2) is 52.4 Å². The molecule has 3 aromatic rings. The minimum atomic E-state index is -0.376. The first kappa shape index (κ1) is 16.9. The van der Waals surface area contributed by atoms with Gasteiger partial charge in [0.2, 0.25) is 5.91 Å². The van der Waals surface area contributed by atoms with Gasteiger partial charge in [0.15, 0.2) is 11.5 Å². The Bertz CT molecular complexity index is 885. The van der Waals surface area contributed by atoms with Crippen molar-refractivity contribution in [2.45, 2.75) is 13.8 Å². The van der Waals surface area contributed by atoms with Gasteiger partial charge in [-0.15, -0.1) is 11.3 Å². The fourth-order valence-corrected chi connectivity index (χ4v) is 2.75. The summed E-state index contributed by atoms with van der Waals surface area (Å²) in [6.45, 7) is 3.63. The highest BCUT2D eigenvalue weighted by Crippen LogP contribution is 2.25.